The third-order valence-electron chi connectivity index (χ3n) is 3.32. The van der Waals surface area contributed by atoms with E-state index in [0.29, 0.717) is 19.3 Å². The monoisotopic (exact) mass is 261 g/mol. The van der Waals surface area contributed by atoms with Crippen molar-refractivity contribution in [2.24, 2.45) is 0 Å². The van der Waals surface area contributed by atoms with Gasteiger partial charge in [-0.25, -0.2) is 8.42 Å². The smallest absolute Gasteiger partial charge is 0.171 e. The fourth-order valence-corrected chi connectivity index (χ4v) is 3.74. The molecule has 0 spiro atoms. The minimum Gasteiger partial charge on any atom is -0.391 e. The highest BCUT2D eigenvalue weighted by molar-refractivity contribution is 7.91. The summed E-state index contributed by atoms with van der Waals surface area (Å²) in [4.78, 5) is 0. The average molecular weight is 261 g/mol. The molecule has 1 saturated carbocycles. The Hall–Kier alpha value is -0.640. The van der Waals surface area contributed by atoms with Gasteiger partial charge in [0.15, 0.2) is 15.4 Å². The van der Waals surface area contributed by atoms with Crippen molar-refractivity contribution in [1.82, 2.24) is 0 Å². The maximum atomic E-state index is 11.7. The summed E-state index contributed by atoms with van der Waals surface area (Å²) in [5, 5.41) is 17.9. The number of nitrogens with zero attached hydrogens (tertiary/aromatic N) is 1. The molecule has 4 atom stereocenters. The largest absolute Gasteiger partial charge is 0.391 e. The third kappa shape index (κ3) is 2.97. The summed E-state index contributed by atoms with van der Waals surface area (Å²) >= 11 is 0. The molecule has 0 saturated heterocycles. The van der Waals surface area contributed by atoms with Gasteiger partial charge in [-0.05, 0) is 33.1 Å². The van der Waals surface area contributed by atoms with Crippen LogP contribution in [0.25, 0.3) is 0 Å². The Morgan fingerprint density at radius 2 is 2.12 bits per heavy atom. The first-order chi connectivity index (χ1) is 7.73. The van der Waals surface area contributed by atoms with Gasteiger partial charge < -0.3 is 9.84 Å². The summed E-state index contributed by atoms with van der Waals surface area (Å²) in [6.07, 6.45) is 1.33. The zero-order valence-corrected chi connectivity index (χ0v) is 11.2. The topological polar surface area (TPSA) is 87.4 Å². The van der Waals surface area contributed by atoms with Gasteiger partial charge in [0.25, 0.3) is 0 Å². The van der Waals surface area contributed by atoms with Crippen molar-refractivity contribution >= 4 is 9.84 Å². The van der Waals surface area contributed by atoms with Crippen molar-refractivity contribution < 1.29 is 18.3 Å². The van der Waals surface area contributed by atoms with Crippen LogP contribution in [0.15, 0.2) is 0 Å². The van der Waals surface area contributed by atoms with Crippen molar-refractivity contribution in [3.63, 3.8) is 0 Å². The van der Waals surface area contributed by atoms with Crippen LogP contribution in [0.1, 0.15) is 33.1 Å². The zero-order chi connectivity index (χ0) is 13.3. The molecule has 1 N–H and O–H groups in total. The van der Waals surface area contributed by atoms with Crippen LogP contribution in [-0.4, -0.2) is 42.8 Å². The van der Waals surface area contributed by atoms with Crippen molar-refractivity contribution in [3.8, 4) is 6.07 Å². The molecule has 0 bridgehead atoms. The number of aliphatic hydroxyl groups excluding tert-OH is 1. The molecule has 0 aromatic heterocycles. The molecule has 0 heterocycles. The van der Waals surface area contributed by atoms with E-state index in [1.165, 1.54) is 0 Å². The van der Waals surface area contributed by atoms with Gasteiger partial charge >= 0.3 is 0 Å². The molecule has 0 aromatic carbocycles. The SMILES string of the molecule is CC(O)C(C)OC1(C#N)CCCC1S(C)(=O)=O. The number of aliphatic hydroxyl groups is 1. The molecule has 17 heavy (non-hydrogen) atoms. The lowest BCUT2D eigenvalue weighted by Crippen LogP contribution is -2.47. The number of rotatable bonds is 4. The maximum absolute atomic E-state index is 11.7. The van der Waals surface area contributed by atoms with Gasteiger partial charge in [-0.2, -0.15) is 5.26 Å². The Morgan fingerprint density at radius 3 is 2.53 bits per heavy atom. The van der Waals surface area contributed by atoms with E-state index >= 15 is 0 Å². The Balaban J connectivity index is 3.00. The minimum absolute atomic E-state index is 0.401. The highest BCUT2D eigenvalue weighted by Crippen LogP contribution is 2.38. The van der Waals surface area contributed by atoms with E-state index < -0.39 is 32.9 Å². The van der Waals surface area contributed by atoms with E-state index in [9.17, 15) is 18.8 Å². The number of hydrogen-bond acceptors (Lipinski definition) is 5. The zero-order valence-electron chi connectivity index (χ0n) is 10.4. The van der Waals surface area contributed by atoms with Gasteiger partial charge in [0.2, 0.25) is 0 Å². The van der Waals surface area contributed by atoms with E-state index in [1.807, 2.05) is 6.07 Å². The van der Waals surface area contributed by atoms with Crippen molar-refractivity contribution in [3.05, 3.63) is 0 Å². The molecule has 98 valence electrons. The molecule has 0 amide bonds. The molecule has 4 unspecified atom stereocenters. The quantitative estimate of drug-likeness (QED) is 0.802. The Morgan fingerprint density at radius 1 is 1.53 bits per heavy atom. The second kappa shape index (κ2) is 4.92. The lowest BCUT2D eigenvalue weighted by atomic mass is 10.0. The van der Waals surface area contributed by atoms with Crippen LogP contribution in [0.4, 0.5) is 0 Å². The van der Waals surface area contributed by atoms with Crippen LogP contribution >= 0.6 is 0 Å². The van der Waals surface area contributed by atoms with Crippen LogP contribution in [0, 0.1) is 11.3 Å². The lowest BCUT2D eigenvalue weighted by molar-refractivity contribution is -0.0905. The number of hydrogen-bond donors (Lipinski definition) is 1. The normalized spacial score (nSPS) is 33.0. The summed E-state index contributed by atoms with van der Waals surface area (Å²) < 4.78 is 28.9. The molecular weight excluding hydrogens is 242 g/mol. The van der Waals surface area contributed by atoms with Crippen LogP contribution in [0.2, 0.25) is 0 Å². The van der Waals surface area contributed by atoms with Crippen LogP contribution in [0.3, 0.4) is 0 Å². The molecule has 0 aliphatic heterocycles. The highest BCUT2D eigenvalue weighted by Gasteiger charge is 2.51. The van der Waals surface area contributed by atoms with Gasteiger partial charge in [0, 0.05) is 6.26 Å². The molecule has 1 rings (SSSR count). The lowest BCUT2D eigenvalue weighted by Gasteiger charge is -2.31. The summed E-state index contributed by atoms with van der Waals surface area (Å²) in [6.45, 7) is 3.20. The standard InChI is InChI=1S/C11H19NO4S/c1-8(13)9(2)16-11(7-12)6-4-5-10(11)17(3,14)15/h8-10,13H,4-6H2,1-3H3. The molecule has 1 fully saturated rings. The molecule has 1 aliphatic carbocycles. The van der Waals surface area contributed by atoms with Gasteiger partial charge in [-0.1, -0.05) is 0 Å². The number of ether oxygens (including phenoxy) is 1. The number of sulfone groups is 1. The predicted octanol–water partition coefficient (Wildman–Crippen LogP) is 0.632. The van der Waals surface area contributed by atoms with E-state index in [4.69, 9.17) is 4.74 Å². The van der Waals surface area contributed by atoms with Crippen LogP contribution in [-0.2, 0) is 14.6 Å². The van der Waals surface area contributed by atoms with Crippen molar-refractivity contribution in [1.29, 1.82) is 5.26 Å². The predicted molar refractivity (Wildman–Crippen MR) is 63.1 cm³/mol. The Kier molecular flexibility index (Phi) is 4.18. The molecule has 6 heteroatoms. The maximum Gasteiger partial charge on any atom is 0.171 e. The minimum atomic E-state index is -3.32. The number of nitriles is 1. The second-order valence-corrected chi connectivity index (χ2v) is 7.00. The molecule has 0 radical (unpaired) electrons. The van der Waals surface area contributed by atoms with Gasteiger partial charge in [0.05, 0.1) is 18.3 Å². The Labute approximate surface area is 102 Å². The molecule has 0 aromatic rings. The van der Waals surface area contributed by atoms with E-state index in [-0.39, 0.29) is 0 Å². The van der Waals surface area contributed by atoms with Crippen LogP contribution in [0.5, 0.6) is 0 Å². The van der Waals surface area contributed by atoms with E-state index in [2.05, 4.69) is 0 Å². The third-order valence-corrected chi connectivity index (χ3v) is 4.97. The molecule has 5 nitrogen and oxygen atoms in total. The highest BCUT2D eigenvalue weighted by atomic mass is 32.2. The first-order valence-corrected chi connectivity index (χ1v) is 7.64. The van der Waals surface area contributed by atoms with Gasteiger partial charge in [0.1, 0.15) is 5.25 Å². The summed E-state index contributed by atoms with van der Waals surface area (Å²) in [6, 6.07) is 2.01. The Bertz CT molecular complexity index is 412. The summed E-state index contributed by atoms with van der Waals surface area (Å²) in [7, 11) is -3.32. The summed E-state index contributed by atoms with van der Waals surface area (Å²) in [5.74, 6) is 0. The van der Waals surface area contributed by atoms with Crippen LogP contribution < -0.4 is 0 Å². The summed E-state index contributed by atoms with van der Waals surface area (Å²) in [5.41, 5.74) is -1.30. The fourth-order valence-electron chi connectivity index (χ4n) is 2.22. The van der Waals surface area contributed by atoms with E-state index in [0.717, 1.165) is 6.26 Å². The first-order valence-electron chi connectivity index (χ1n) is 5.69. The average Bonchev–Trinajstić information content (AvgIpc) is 2.61. The fraction of sp³-hybridized carbons (Fsp3) is 0.909. The van der Waals surface area contributed by atoms with Crippen molar-refractivity contribution in [2.75, 3.05) is 6.26 Å². The first kappa shape index (κ1) is 14.4. The van der Waals surface area contributed by atoms with Gasteiger partial charge in [-0.3, -0.25) is 0 Å². The van der Waals surface area contributed by atoms with E-state index in [1.54, 1.807) is 13.8 Å². The van der Waals surface area contributed by atoms with Gasteiger partial charge in [-0.15, -0.1) is 0 Å². The van der Waals surface area contributed by atoms with Crippen molar-refractivity contribution in [2.45, 2.75) is 56.2 Å². The molecular formula is C11H19NO4S. The molecule has 1 aliphatic rings. The second-order valence-electron chi connectivity index (χ2n) is 4.78.